The Kier molecular flexibility index (Phi) is 3.73. The first-order chi connectivity index (χ1) is 6.94. The van der Waals surface area contributed by atoms with E-state index in [-0.39, 0.29) is 16.4 Å². The highest BCUT2D eigenvalue weighted by molar-refractivity contribution is 7.80. The molecule has 0 aliphatic carbocycles. The fourth-order valence-electron chi connectivity index (χ4n) is 0.981. The van der Waals surface area contributed by atoms with Gasteiger partial charge in [0.2, 0.25) is 0 Å². The van der Waals surface area contributed by atoms with Crippen molar-refractivity contribution < 1.29 is 22.6 Å². The summed E-state index contributed by atoms with van der Waals surface area (Å²) in [4.78, 5) is 0.0386. The molecule has 0 aliphatic rings. The predicted octanol–water partition coefficient (Wildman–Crippen LogP) is 3.27. The first-order valence-corrected chi connectivity index (χ1v) is 4.59. The van der Waals surface area contributed by atoms with Crippen molar-refractivity contribution in [2.45, 2.75) is 18.2 Å². The topological polar surface area (TPSA) is 18.5 Å². The van der Waals surface area contributed by atoms with Gasteiger partial charge >= 0.3 is 6.36 Å². The van der Waals surface area contributed by atoms with Crippen LogP contribution < -0.4 is 9.47 Å². The molecule has 6 heteroatoms. The molecule has 0 aliphatic heterocycles. The minimum atomic E-state index is -4.72. The maximum atomic E-state index is 11.9. The molecule has 0 unspecified atom stereocenters. The molecular weight excluding hydrogens is 229 g/mol. The highest BCUT2D eigenvalue weighted by Gasteiger charge is 2.32. The third-order valence-electron chi connectivity index (χ3n) is 1.49. The van der Waals surface area contributed by atoms with E-state index in [1.54, 1.807) is 6.92 Å². The number of hydrogen-bond donors (Lipinski definition) is 1. The minimum Gasteiger partial charge on any atom is -0.493 e. The monoisotopic (exact) mass is 238 g/mol. The molecular formula is C9H9F3O2S. The lowest BCUT2D eigenvalue weighted by Gasteiger charge is -2.13. The first kappa shape index (κ1) is 12.0. The summed E-state index contributed by atoms with van der Waals surface area (Å²) >= 11 is 3.91. The van der Waals surface area contributed by atoms with Crippen molar-refractivity contribution in [3.05, 3.63) is 18.2 Å². The Balaban J connectivity index is 2.94. The third-order valence-corrected chi connectivity index (χ3v) is 1.93. The Hall–Kier alpha value is -1.04. The second-order valence-electron chi connectivity index (χ2n) is 2.58. The summed E-state index contributed by atoms with van der Waals surface area (Å²) < 4.78 is 44.7. The molecule has 0 heterocycles. The van der Waals surface area contributed by atoms with Crippen LogP contribution in [-0.4, -0.2) is 13.0 Å². The molecule has 2 nitrogen and oxygen atoms in total. The smallest absolute Gasteiger partial charge is 0.493 e. The summed E-state index contributed by atoms with van der Waals surface area (Å²) in [6.07, 6.45) is -4.72. The van der Waals surface area contributed by atoms with Crippen molar-refractivity contribution in [3.8, 4) is 11.5 Å². The molecule has 0 saturated carbocycles. The van der Waals surface area contributed by atoms with Gasteiger partial charge in [-0.05, 0) is 19.1 Å². The maximum absolute atomic E-state index is 11.9. The van der Waals surface area contributed by atoms with Crippen LogP contribution in [0.3, 0.4) is 0 Å². The number of halogens is 3. The van der Waals surface area contributed by atoms with Crippen LogP contribution in [0.1, 0.15) is 6.92 Å². The van der Waals surface area contributed by atoms with Crippen LogP contribution >= 0.6 is 12.6 Å². The number of benzene rings is 1. The molecule has 0 N–H and O–H groups in total. The summed E-state index contributed by atoms with van der Waals surface area (Å²) in [5, 5.41) is 0. The summed E-state index contributed by atoms with van der Waals surface area (Å²) in [6, 6.07) is 4.11. The Morgan fingerprint density at radius 2 is 1.87 bits per heavy atom. The van der Waals surface area contributed by atoms with Crippen molar-refractivity contribution in [3.63, 3.8) is 0 Å². The predicted molar refractivity (Wildman–Crippen MR) is 51.5 cm³/mol. The average Bonchev–Trinajstić information content (AvgIpc) is 2.10. The van der Waals surface area contributed by atoms with Crippen LogP contribution in [0.2, 0.25) is 0 Å². The molecule has 0 amide bonds. The van der Waals surface area contributed by atoms with Gasteiger partial charge in [-0.1, -0.05) is 6.07 Å². The molecule has 0 saturated heterocycles. The van der Waals surface area contributed by atoms with E-state index < -0.39 is 6.36 Å². The molecule has 84 valence electrons. The molecule has 0 atom stereocenters. The Labute approximate surface area is 90.4 Å². The fraction of sp³-hybridized carbons (Fsp3) is 0.333. The second kappa shape index (κ2) is 4.65. The Bertz CT molecular complexity index is 339. The number of thiol groups is 1. The molecule has 0 radical (unpaired) electrons. The molecule has 1 aromatic carbocycles. The molecule has 0 fully saturated rings. The van der Waals surface area contributed by atoms with Gasteiger partial charge in [-0.2, -0.15) is 0 Å². The zero-order valence-electron chi connectivity index (χ0n) is 7.84. The lowest BCUT2D eigenvalue weighted by Crippen LogP contribution is -2.17. The highest BCUT2D eigenvalue weighted by Crippen LogP contribution is 2.35. The molecule has 15 heavy (non-hydrogen) atoms. The minimum absolute atomic E-state index is 0.0386. The number of ether oxygens (including phenoxy) is 2. The van der Waals surface area contributed by atoms with Gasteiger partial charge in [0.15, 0.2) is 0 Å². The van der Waals surface area contributed by atoms with E-state index in [1.807, 2.05) is 0 Å². The molecule has 0 bridgehead atoms. The third kappa shape index (κ3) is 3.54. The number of hydrogen-bond acceptors (Lipinski definition) is 3. The van der Waals surface area contributed by atoms with Crippen molar-refractivity contribution in [1.82, 2.24) is 0 Å². The second-order valence-corrected chi connectivity index (χ2v) is 3.03. The zero-order valence-corrected chi connectivity index (χ0v) is 8.73. The fourth-order valence-corrected chi connectivity index (χ4v) is 1.24. The molecule has 0 aromatic heterocycles. The van der Waals surface area contributed by atoms with Crippen LogP contribution in [0.4, 0.5) is 13.2 Å². The zero-order chi connectivity index (χ0) is 11.5. The van der Waals surface area contributed by atoms with E-state index in [2.05, 4.69) is 17.4 Å². The largest absolute Gasteiger partial charge is 0.573 e. The van der Waals surface area contributed by atoms with Crippen LogP contribution in [0, 0.1) is 0 Å². The maximum Gasteiger partial charge on any atom is 0.573 e. The first-order valence-electron chi connectivity index (χ1n) is 4.14. The van der Waals surface area contributed by atoms with Gasteiger partial charge in [0.25, 0.3) is 0 Å². The Morgan fingerprint density at radius 3 is 2.40 bits per heavy atom. The summed E-state index contributed by atoms with van der Waals surface area (Å²) in [6.45, 7) is 2.08. The Morgan fingerprint density at radius 1 is 1.27 bits per heavy atom. The average molecular weight is 238 g/mol. The van der Waals surface area contributed by atoms with Gasteiger partial charge in [-0.3, -0.25) is 0 Å². The van der Waals surface area contributed by atoms with Crippen LogP contribution in [0.15, 0.2) is 23.1 Å². The van der Waals surface area contributed by atoms with E-state index in [9.17, 15) is 13.2 Å². The molecule has 1 rings (SSSR count). The summed E-state index contributed by atoms with van der Waals surface area (Å²) in [5.74, 6) is -0.0978. The van der Waals surface area contributed by atoms with Gasteiger partial charge in [-0.15, -0.1) is 25.8 Å². The molecule has 0 spiro atoms. The van der Waals surface area contributed by atoms with Crippen molar-refractivity contribution >= 4 is 12.6 Å². The quantitative estimate of drug-likeness (QED) is 0.815. The van der Waals surface area contributed by atoms with Gasteiger partial charge in [0, 0.05) is 0 Å². The van der Waals surface area contributed by atoms with Crippen LogP contribution in [-0.2, 0) is 0 Å². The van der Waals surface area contributed by atoms with Crippen LogP contribution in [0.25, 0.3) is 0 Å². The lowest BCUT2D eigenvalue weighted by molar-refractivity contribution is -0.275. The normalized spacial score (nSPS) is 11.3. The van der Waals surface area contributed by atoms with E-state index in [4.69, 9.17) is 4.74 Å². The summed E-state index contributed by atoms with van der Waals surface area (Å²) in [5.41, 5.74) is 0. The van der Waals surface area contributed by atoms with E-state index >= 15 is 0 Å². The van der Waals surface area contributed by atoms with Gasteiger partial charge in [0.1, 0.15) is 11.5 Å². The van der Waals surface area contributed by atoms with Gasteiger partial charge < -0.3 is 9.47 Å². The van der Waals surface area contributed by atoms with Crippen molar-refractivity contribution in [1.29, 1.82) is 0 Å². The standard InChI is InChI=1S/C9H9F3O2S/c1-2-13-6-4-3-5-7(8(6)15)14-9(10,11)12/h3-5,15H,2H2,1H3. The van der Waals surface area contributed by atoms with E-state index in [0.29, 0.717) is 6.61 Å². The molecule has 1 aromatic rings. The van der Waals surface area contributed by atoms with Crippen LogP contribution in [0.5, 0.6) is 11.5 Å². The van der Waals surface area contributed by atoms with Crippen molar-refractivity contribution in [2.75, 3.05) is 6.61 Å². The number of alkyl halides is 3. The van der Waals surface area contributed by atoms with E-state index in [0.717, 1.165) is 0 Å². The van der Waals surface area contributed by atoms with Gasteiger partial charge in [0.05, 0.1) is 11.5 Å². The highest BCUT2D eigenvalue weighted by atomic mass is 32.1. The number of rotatable bonds is 3. The summed E-state index contributed by atoms with van der Waals surface area (Å²) in [7, 11) is 0. The van der Waals surface area contributed by atoms with Gasteiger partial charge in [-0.25, -0.2) is 0 Å². The van der Waals surface area contributed by atoms with Crippen molar-refractivity contribution in [2.24, 2.45) is 0 Å². The van der Waals surface area contributed by atoms with E-state index in [1.165, 1.54) is 18.2 Å². The SMILES string of the molecule is CCOc1cccc(OC(F)(F)F)c1S. The lowest BCUT2D eigenvalue weighted by atomic mass is 10.3.